The molecule has 358 valence electrons. The zero-order chi connectivity index (χ0) is 50.3. The van der Waals surface area contributed by atoms with E-state index in [1.807, 2.05) is 35.6 Å². The predicted octanol–water partition coefficient (Wildman–Crippen LogP) is 18.4. The molecule has 8 heteroatoms. The van der Waals surface area contributed by atoms with Gasteiger partial charge in [-0.1, -0.05) is 170 Å². The molecule has 0 radical (unpaired) electrons. The number of para-hydroxylation sites is 5. The highest BCUT2D eigenvalue weighted by molar-refractivity contribution is 7.26. The van der Waals surface area contributed by atoms with Crippen molar-refractivity contribution in [3.63, 3.8) is 0 Å². The molecule has 0 saturated heterocycles. The first kappa shape index (κ1) is 42.2. The van der Waals surface area contributed by atoms with Crippen LogP contribution in [-0.2, 0) is 0 Å². The van der Waals surface area contributed by atoms with Gasteiger partial charge in [-0.05, 0) is 83.9 Å². The number of fused-ring (bicyclic) bond motifs is 16. The molecule has 6 aromatic heterocycles. The molecule has 0 saturated carbocycles. The van der Waals surface area contributed by atoms with Gasteiger partial charge in [0.2, 0.25) is 5.95 Å². The fourth-order valence-corrected chi connectivity index (χ4v) is 13.6. The van der Waals surface area contributed by atoms with Gasteiger partial charge >= 0.3 is 0 Å². The lowest BCUT2D eigenvalue weighted by atomic mass is 9.96. The van der Waals surface area contributed by atoms with Crippen molar-refractivity contribution in [2.24, 2.45) is 0 Å². The van der Waals surface area contributed by atoms with Crippen LogP contribution in [0.1, 0.15) is 0 Å². The van der Waals surface area contributed by atoms with Crippen molar-refractivity contribution in [2.45, 2.75) is 0 Å². The number of rotatable bonds is 6. The Balaban J connectivity index is 0.917. The van der Waals surface area contributed by atoms with Crippen molar-refractivity contribution >= 4 is 119 Å². The third-order valence-electron chi connectivity index (χ3n) is 15.7. The van der Waals surface area contributed by atoms with Gasteiger partial charge in [-0.25, -0.2) is 4.98 Å². The van der Waals surface area contributed by atoms with Gasteiger partial charge in [-0.2, -0.15) is 9.97 Å². The Bertz CT molecular complexity index is 5240. The van der Waals surface area contributed by atoms with Crippen molar-refractivity contribution in [3.8, 4) is 51.2 Å². The van der Waals surface area contributed by atoms with Crippen molar-refractivity contribution in [1.29, 1.82) is 0 Å². The van der Waals surface area contributed by atoms with Gasteiger partial charge in [0.25, 0.3) is 0 Å². The molecule has 11 aromatic carbocycles. The Hall–Kier alpha value is -10.2. The van der Waals surface area contributed by atoms with Gasteiger partial charge in [-0.15, -0.1) is 11.3 Å². The number of benzene rings is 11. The summed E-state index contributed by atoms with van der Waals surface area (Å²) >= 11 is 1.84. The predicted molar refractivity (Wildman–Crippen MR) is 319 cm³/mol. The highest BCUT2D eigenvalue weighted by atomic mass is 32.1. The second-order valence-corrected chi connectivity index (χ2v) is 20.9. The van der Waals surface area contributed by atoms with Crippen LogP contribution in [0, 0.1) is 0 Å². The lowest BCUT2D eigenvalue weighted by Crippen LogP contribution is -2.07. The number of hydrogen-bond acceptors (Lipinski definition) is 5. The first-order chi connectivity index (χ1) is 38.2. The molecule has 0 spiro atoms. The maximum atomic E-state index is 6.78. The summed E-state index contributed by atoms with van der Waals surface area (Å²) in [6, 6.07) is 86.5. The molecule has 77 heavy (non-hydrogen) atoms. The van der Waals surface area contributed by atoms with Crippen molar-refractivity contribution < 1.29 is 4.42 Å². The van der Waals surface area contributed by atoms with Crippen molar-refractivity contribution in [1.82, 2.24) is 28.7 Å². The summed E-state index contributed by atoms with van der Waals surface area (Å²) in [6.07, 6.45) is 0. The third-order valence-corrected chi connectivity index (χ3v) is 16.8. The van der Waals surface area contributed by atoms with E-state index in [4.69, 9.17) is 19.4 Å². The molecule has 17 rings (SSSR count). The van der Waals surface area contributed by atoms with E-state index in [2.05, 4.69) is 232 Å². The molecule has 0 amide bonds. The van der Waals surface area contributed by atoms with Gasteiger partial charge < -0.3 is 13.6 Å². The highest BCUT2D eigenvalue weighted by Crippen LogP contribution is 2.47. The van der Waals surface area contributed by atoms with Gasteiger partial charge in [-0.3, -0.25) is 4.57 Å². The molecule has 6 heterocycles. The summed E-state index contributed by atoms with van der Waals surface area (Å²) in [6.45, 7) is 0. The molecule has 0 aliphatic heterocycles. The van der Waals surface area contributed by atoms with Gasteiger partial charge in [0.1, 0.15) is 11.2 Å². The zero-order valence-corrected chi connectivity index (χ0v) is 41.9. The molecule has 0 fully saturated rings. The minimum absolute atomic E-state index is 0.526. The minimum atomic E-state index is 0.526. The van der Waals surface area contributed by atoms with Gasteiger partial charge in [0, 0.05) is 80.1 Å². The first-order valence-corrected chi connectivity index (χ1v) is 26.7. The Kier molecular flexibility index (Phi) is 8.87. The molecular weight excluding hydrogens is 961 g/mol. The van der Waals surface area contributed by atoms with Crippen LogP contribution in [0.3, 0.4) is 0 Å². The van der Waals surface area contributed by atoms with E-state index in [0.29, 0.717) is 17.6 Å². The van der Waals surface area contributed by atoms with Crippen molar-refractivity contribution in [3.05, 3.63) is 243 Å². The van der Waals surface area contributed by atoms with Crippen LogP contribution in [-0.4, -0.2) is 28.7 Å². The minimum Gasteiger partial charge on any atom is -0.456 e. The quantitative estimate of drug-likeness (QED) is 0.166. The molecule has 0 aliphatic rings. The summed E-state index contributed by atoms with van der Waals surface area (Å²) in [5.41, 5.74) is 14.4. The molecule has 17 aromatic rings. The van der Waals surface area contributed by atoms with E-state index >= 15 is 0 Å². The normalized spacial score (nSPS) is 12.2. The fourth-order valence-electron chi connectivity index (χ4n) is 12.5. The van der Waals surface area contributed by atoms with E-state index in [9.17, 15) is 0 Å². The smallest absolute Gasteiger partial charge is 0.238 e. The second kappa shape index (κ2) is 16.2. The maximum absolute atomic E-state index is 6.78. The zero-order valence-electron chi connectivity index (χ0n) is 41.1. The molecule has 0 aliphatic carbocycles. The number of nitrogens with zero attached hydrogens (tertiary/aromatic N) is 6. The summed E-state index contributed by atoms with van der Waals surface area (Å²) in [4.78, 5) is 16.4. The SMILES string of the molecule is c1ccc(-c2nc(-c3cccc4oc5ccc(-c6cccc7sc8cccc(-n9c%10ccccc%10c%10ccccc%109)c8c67)cc5c34)nc(-n3c4ccccc4c4ccc5c6ccccc6n(-c6ccccc6)c5c43)n2)cc1. The molecule has 0 N–H and O–H groups in total. The van der Waals surface area contributed by atoms with Crippen LogP contribution in [0.25, 0.3) is 159 Å². The third kappa shape index (κ3) is 6.10. The number of furan rings is 1. The summed E-state index contributed by atoms with van der Waals surface area (Å²) < 4.78 is 16.4. The van der Waals surface area contributed by atoms with Gasteiger partial charge in [0.15, 0.2) is 11.6 Å². The van der Waals surface area contributed by atoms with Crippen LogP contribution in [0.4, 0.5) is 0 Å². The summed E-state index contributed by atoms with van der Waals surface area (Å²) in [5.74, 6) is 1.65. The number of thiophene rings is 1. The standard InChI is InChI=1S/C69H40N6OS/c1-3-18-41(19-4-1)67-70-68(72-69(71-67)75-56-31-14-10-25-48(56)50-38-37-49-47-24-9-11-28-53(47)73(65(49)66(50)75)43-20-5-2-6-21-43)51-27-15-33-59-62(51)52-40-42(36-39-58(52)76-59)44-26-16-34-60-63(44)64-57(32-17-35-61(64)77-60)74-54-29-12-7-22-45(54)46-23-8-13-30-55(46)74/h1-40H. The molecular formula is C69H40N6OS. The van der Waals surface area contributed by atoms with Gasteiger partial charge in [0.05, 0.1) is 38.8 Å². The average Bonchev–Trinajstić information content (AvgIpc) is 4.35. The first-order valence-electron chi connectivity index (χ1n) is 25.9. The Morgan fingerprint density at radius 3 is 1.57 bits per heavy atom. The monoisotopic (exact) mass is 1000 g/mol. The largest absolute Gasteiger partial charge is 0.456 e. The molecule has 7 nitrogen and oxygen atoms in total. The van der Waals surface area contributed by atoms with Crippen LogP contribution in [0.15, 0.2) is 247 Å². The van der Waals surface area contributed by atoms with Crippen LogP contribution in [0.2, 0.25) is 0 Å². The van der Waals surface area contributed by atoms with Crippen LogP contribution in [0.5, 0.6) is 0 Å². The van der Waals surface area contributed by atoms with E-state index in [0.717, 1.165) is 88.1 Å². The lowest BCUT2D eigenvalue weighted by molar-refractivity contribution is 0.669. The average molecular weight is 1000 g/mol. The second-order valence-electron chi connectivity index (χ2n) is 19.8. The van der Waals surface area contributed by atoms with Crippen LogP contribution < -0.4 is 0 Å². The topological polar surface area (TPSA) is 66.6 Å². The molecule has 0 unspecified atom stereocenters. The molecule has 0 bridgehead atoms. The Morgan fingerprint density at radius 2 is 0.870 bits per heavy atom. The summed E-state index contributed by atoms with van der Waals surface area (Å²) in [7, 11) is 0. The number of aromatic nitrogens is 6. The summed E-state index contributed by atoms with van der Waals surface area (Å²) in [5, 5.41) is 11.5. The van der Waals surface area contributed by atoms with Crippen molar-refractivity contribution in [2.75, 3.05) is 0 Å². The fraction of sp³-hybridized carbons (Fsp3) is 0. The van der Waals surface area contributed by atoms with E-state index in [1.165, 1.54) is 53.1 Å². The highest BCUT2D eigenvalue weighted by Gasteiger charge is 2.26. The maximum Gasteiger partial charge on any atom is 0.238 e. The van der Waals surface area contributed by atoms with E-state index < -0.39 is 0 Å². The van der Waals surface area contributed by atoms with Crippen LogP contribution >= 0.6 is 11.3 Å². The van der Waals surface area contributed by atoms with E-state index in [1.54, 1.807) is 0 Å². The Labute approximate surface area is 443 Å². The number of hydrogen-bond donors (Lipinski definition) is 0. The molecule has 0 atom stereocenters. The lowest BCUT2D eigenvalue weighted by Gasteiger charge is -2.13. The Morgan fingerprint density at radius 1 is 0.325 bits per heavy atom. The van der Waals surface area contributed by atoms with E-state index in [-0.39, 0.29) is 0 Å².